The Labute approximate surface area is 170 Å². The first-order valence-electron chi connectivity index (χ1n) is 9.78. The van der Waals surface area contributed by atoms with Gasteiger partial charge >= 0.3 is 11.9 Å². The van der Waals surface area contributed by atoms with Crippen LogP contribution < -0.4 is 0 Å². The standard InChI is InChI=1S/C23H26FNO4/c1-22(2,3)29-20(26)17(24)11-16-19(23(16,4)5)21(27)28-18-10-9-14-13(12-25)7-6-8-15(14)18/h6-8,11,16,18-19H,9-10H2,1-5H3/b17-11+/t16-,18?,19-/m0/s1. The molecule has 2 aliphatic rings. The highest BCUT2D eigenvalue weighted by Gasteiger charge is 2.62. The van der Waals surface area contributed by atoms with E-state index >= 15 is 0 Å². The zero-order chi connectivity index (χ0) is 21.6. The average Bonchev–Trinajstić information content (AvgIpc) is 2.95. The molecule has 1 saturated carbocycles. The van der Waals surface area contributed by atoms with E-state index in [-0.39, 0.29) is 0 Å². The second-order valence-corrected chi connectivity index (χ2v) is 9.29. The number of nitriles is 1. The van der Waals surface area contributed by atoms with Crippen molar-refractivity contribution in [2.75, 3.05) is 0 Å². The fraction of sp³-hybridized carbons (Fsp3) is 0.522. The summed E-state index contributed by atoms with van der Waals surface area (Å²) in [6, 6.07) is 7.59. The smallest absolute Gasteiger partial charge is 0.367 e. The van der Waals surface area contributed by atoms with E-state index in [0.717, 1.165) is 11.1 Å². The van der Waals surface area contributed by atoms with Crippen LogP contribution in [0.4, 0.5) is 4.39 Å². The van der Waals surface area contributed by atoms with E-state index in [0.29, 0.717) is 18.4 Å². The van der Waals surface area contributed by atoms with E-state index in [1.807, 2.05) is 19.9 Å². The number of rotatable bonds is 4. The van der Waals surface area contributed by atoms with Gasteiger partial charge in [0.2, 0.25) is 5.83 Å². The summed E-state index contributed by atoms with van der Waals surface area (Å²) in [5, 5.41) is 9.23. The van der Waals surface area contributed by atoms with Crippen LogP contribution in [0.1, 0.15) is 63.8 Å². The van der Waals surface area contributed by atoms with Gasteiger partial charge in [-0.05, 0) is 68.2 Å². The number of hydrogen-bond acceptors (Lipinski definition) is 5. The van der Waals surface area contributed by atoms with Gasteiger partial charge in [0.1, 0.15) is 11.7 Å². The highest BCUT2D eigenvalue weighted by Crippen LogP contribution is 2.60. The minimum Gasteiger partial charge on any atom is -0.457 e. The van der Waals surface area contributed by atoms with Crippen molar-refractivity contribution in [2.45, 2.75) is 59.2 Å². The molecule has 1 aromatic rings. The molecule has 0 bridgehead atoms. The van der Waals surface area contributed by atoms with Crippen LogP contribution in [0.3, 0.4) is 0 Å². The van der Waals surface area contributed by atoms with Crippen molar-refractivity contribution in [3.05, 3.63) is 46.8 Å². The summed E-state index contributed by atoms with van der Waals surface area (Å²) >= 11 is 0. The van der Waals surface area contributed by atoms with Crippen LogP contribution in [0.25, 0.3) is 0 Å². The van der Waals surface area contributed by atoms with E-state index in [9.17, 15) is 19.2 Å². The van der Waals surface area contributed by atoms with Gasteiger partial charge in [0.25, 0.3) is 0 Å². The molecule has 6 heteroatoms. The van der Waals surface area contributed by atoms with Gasteiger partial charge in [0, 0.05) is 0 Å². The zero-order valence-corrected chi connectivity index (χ0v) is 17.4. The number of ether oxygens (including phenoxy) is 2. The van der Waals surface area contributed by atoms with Gasteiger partial charge in [-0.25, -0.2) is 4.79 Å². The third-order valence-corrected chi connectivity index (χ3v) is 5.68. The SMILES string of the molecule is CC(C)(C)OC(=O)/C(F)=C\[C@H]1[C@@H](C(=O)OC2CCc3c(C#N)cccc32)C1(C)C. The first kappa shape index (κ1) is 21.0. The number of fused-ring (bicyclic) bond motifs is 1. The minimum absolute atomic E-state index is 0.400. The van der Waals surface area contributed by atoms with Crippen LogP contribution >= 0.6 is 0 Å². The van der Waals surface area contributed by atoms with E-state index in [4.69, 9.17) is 9.47 Å². The van der Waals surface area contributed by atoms with E-state index < -0.39 is 46.7 Å². The molecule has 3 rings (SSSR count). The third kappa shape index (κ3) is 4.19. The number of benzene rings is 1. The molecule has 0 spiro atoms. The van der Waals surface area contributed by atoms with Gasteiger partial charge < -0.3 is 9.47 Å². The largest absolute Gasteiger partial charge is 0.457 e. The van der Waals surface area contributed by atoms with Crippen molar-refractivity contribution in [1.29, 1.82) is 5.26 Å². The summed E-state index contributed by atoms with van der Waals surface area (Å²) in [4.78, 5) is 24.7. The lowest BCUT2D eigenvalue weighted by Crippen LogP contribution is -2.24. The Morgan fingerprint density at radius 1 is 1.31 bits per heavy atom. The van der Waals surface area contributed by atoms with Gasteiger partial charge in [0.05, 0.1) is 17.6 Å². The lowest BCUT2D eigenvalue weighted by Gasteiger charge is -2.18. The molecular formula is C23H26FNO4. The molecule has 3 atom stereocenters. The molecule has 0 N–H and O–H groups in total. The van der Waals surface area contributed by atoms with Gasteiger partial charge in [-0.1, -0.05) is 26.0 Å². The first-order chi connectivity index (χ1) is 13.5. The highest BCUT2D eigenvalue weighted by molar-refractivity contribution is 5.87. The lowest BCUT2D eigenvalue weighted by atomic mass is 10.0. The van der Waals surface area contributed by atoms with Gasteiger partial charge in [-0.2, -0.15) is 9.65 Å². The molecule has 29 heavy (non-hydrogen) atoms. The van der Waals surface area contributed by atoms with Crippen LogP contribution in [0.2, 0.25) is 0 Å². The number of hydrogen-bond donors (Lipinski definition) is 0. The molecular weight excluding hydrogens is 373 g/mol. The molecule has 0 saturated heterocycles. The Kier molecular flexibility index (Phi) is 5.29. The summed E-state index contributed by atoms with van der Waals surface area (Å²) in [6.07, 6.45) is 2.08. The molecule has 1 unspecified atom stereocenters. The first-order valence-corrected chi connectivity index (χ1v) is 9.78. The van der Waals surface area contributed by atoms with E-state index in [2.05, 4.69) is 6.07 Å². The number of esters is 2. The Morgan fingerprint density at radius 3 is 2.62 bits per heavy atom. The second-order valence-electron chi connectivity index (χ2n) is 9.29. The quantitative estimate of drug-likeness (QED) is 0.548. The molecule has 5 nitrogen and oxygen atoms in total. The summed E-state index contributed by atoms with van der Waals surface area (Å²) < 4.78 is 25.1. The van der Waals surface area contributed by atoms with E-state index in [1.165, 1.54) is 6.08 Å². The maximum atomic E-state index is 14.3. The summed E-state index contributed by atoms with van der Waals surface area (Å²) in [5.41, 5.74) is 1.09. The fourth-order valence-electron chi connectivity index (χ4n) is 4.05. The monoisotopic (exact) mass is 399 g/mol. The van der Waals surface area contributed by atoms with Crippen LogP contribution in [0.15, 0.2) is 30.1 Å². The number of carbonyl (C=O) groups is 2. The molecule has 0 heterocycles. The highest BCUT2D eigenvalue weighted by atomic mass is 19.1. The Hall–Kier alpha value is -2.68. The topological polar surface area (TPSA) is 76.4 Å². The summed E-state index contributed by atoms with van der Waals surface area (Å²) in [5.74, 6) is -3.39. The van der Waals surface area contributed by atoms with E-state index in [1.54, 1.807) is 32.9 Å². The van der Waals surface area contributed by atoms with Crippen molar-refractivity contribution < 1.29 is 23.5 Å². The normalized spacial score (nSPS) is 25.0. The molecule has 0 amide bonds. The van der Waals surface area contributed by atoms with Gasteiger partial charge in [0.15, 0.2) is 0 Å². The molecule has 1 fully saturated rings. The van der Waals surface area contributed by atoms with Crippen LogP contribution in [-0.4, -0.2) is 17.5 Å². The maximum absolute atomic E-state index is 14.3. The minimum atomic E-state index is -1.03. The average molecular weight is 399 g/mol. The molecule has 2 aliphatic carbocycles. The van der Waals surface area contributed by atoms with Crippen molar-refractivity contribution >= 4 is 11.9 Å². The van der Waals surface area contributed by atoms with Crippen molar-refractivity contribution in [3.63, 3.8) is 0 Å². The molecule has 0 aliphatic heterocycles. The van der Waals surface area contributed by atoms with Gasteiger partial charge in [-0.15, -0.1) is 0 Å². The third-order valence-electron chi connectivity index (χ3n) is 5.68. The molecule has 1 aromatic carbocycles. The van der Waals surface area contributed by atoms with Crippen molar-refractivity contribution in [2.24, 2.45) is 17.3 Å². The fourth-order valence-corrected chi connectivity index (χ4v) is 4.05. The number of allylic oxidation sites excluding steroid dienone is 1. The number of halogens is 1. The summed E-state index contributed by atoms with van der Waals surface area (Å²) in [6.45, 7) is 8.68. The number of nitrogens with zero attached hydrogens (tertiary/aromatic N) is 1. The lowest BCUT2D eigenvalue weighted by molar-refractivity contribution is -0.153. The maximum Gasteiger partial charge on any atom is 0.367 e. The van der Waals surface area contributed by atoms with Crippen LogP contribution in [-0.2, 0) is 25.5 Å². The number of carbonyl (C=O) groups excluding carboxylic acids is 2. The predicted octanol–water partition coefficient (Wildman–Crippen LogP) is 4.56. The summed E-state index contributed by atoms with van der Waals surface area (Å²) in [7, 11) is 0. The Balaban J connectivity index is 1.70. The Bertz CT molecular complexity index is 920. The van der Waals surface area contributed by atoms with Crippen molar-refractivity contribution in [3.8, 4) is 6.07 Å². The molecule has 0 aromatic heterocycles. The second kappa shape index (κ2) is 7.29. The van der Waals surface area contributed by atoms with Crippen molar-refractivity contribution in [1.82, 2.24) is 0 Å². The zero-order valence-electron chi connectivity index (χ0n) is 17.4. The molecule has 154 valence electrons. The predicted molar refractivity (Wildman–Crippen MR) is 104 cm³/mol. The van der Waals surface area contributed by atoms with Crippen LogP contribution in [0.5, 0.6) is 0 Å². The molecule has 0 radical (unpaired) electrons. The Morgan fingerprint density at radius 2 is 2.00 bits per heavy atom. The van der Waals surface area contributed by atoms with Crippen LogP contribution in [0, 0.1) is 28.6 Å². The van der Waals surface area contributed by atoms with Gasteiger partial charge in [-0.3, -0.25) is 4.79 Å².